The van der Waals surface area contributed by atoms with Crippen molar-refractivity contribution in [2.75, 3.05) is 20.1 Å². The molecule has 0 aromatic rings. The summed E-state index contributed by atoms with van der Waals surface area (Å²) in [5.74, 6) is 0.889. The normalized spacial score (nSPS) is 32.6. The highest BCUT2D eigenvalue weighted by molar-refractivity contribution is 5.79. The Morgan fingerprint density at radius 1 is 1.73 bits per heavy atom. The summed E-state index contributed by atoms with van der Waals surface area (Å²) in [4.78, 5) is 13.1. The third-order valence-corrected chi connectivity index (χ3v) is 2.28. The van der Waals surface area contributed by atoms with E-state index < -0.39 is 0 Å². The monoisotopic (exact) mass is 156 g/mol. The summed E-state index contributed by atoms with van der Waals surface area (Å²) in [5.41, 5.74) is 5.47. The maximum Gasteiger partial charge on any atom is 0.226 e. The Kier molecular flexibility index (Phi) is 2.49. The third kappa shape index (κ3) is 1.71. The van der Waals surface area contributed by atoms with Gasteiger partial charge in [-0.25, -0.2) is 0 Å². The number of hydrogen-bond donors (Lipinski definition) is 1. The number of amides is 1. The minimum absolute atomic E-state index is 0.0729. The number of carbonyl (C=O) groups excluding carboxylic acids is 1. The smallest absolute Gasteiger partial charge is 0.226 e. The molecule has 1 amide bonds. The van der Waals surface area contributed by atoms with E-state index in [4.69, 9.17) is 5.73 Å². The Labute approximate surface area is 67.5 Å². The Balaban J connectivity index is 2.59. The van der Waals surface area contributed by atoms with E-state index in [-0.39, 0.29) is 11.8 Å². The van der Waals surface area contributed by atoms with Crippen LogP contribution in [0.2, 0.25) is 0 Å². The summed E-state index contributed by atoms with van der Waals surface area (Å²) in [6.45, 7) is 3.54. The van der Waals surface area contributed by atoms with Gasteiger partial charge in [-0.1, -0.05) is 6.92 Å². The van der Waals surface area contributed by atoms with Gasteiger partial charge in [0.1, 0.15) is 0 Å². The zero-order valence-corrected chi connectivity index (χ0v) is 7.21. The van der Waals surface area contributed by atoms with Gasteiger partial charge in [0.2, 0.25) is 5.91 Å². The topological polar surface area (TPSA) is 46.3 Å². The highest BCUT2D eigenvalue weighted by Crippen LogP contribution is 2.20. The van der Waals surface area contributed by atoms with Gasteiger partial charge >= 0.3 is 0 Å². The lowest BCUT2D eigenvalue weighted by atomic mass is 9.90. The lowest BCUT2D eigenvalue weighted by Gasteiger charge is -2.32. The lowest BCUT2D eigenvalue weighted by molar-refractivity contribution is -0.138. The standard InChI is InChI=1S/C8H16N2O/c1-6-3-7(4-9)8(11)10(2)5-6/h6-7H,3-5,9H2,1-2H3/t6-,7-/m0/s1. The van der Waals surface area contributed by atoms with E-state index in [0.717, 1.165) is 13.0 Å². The number of rotatable bonds is 1. The molecule has 64 valence electrons. The van der Waals surface area contributed by atoms with Crippen LogP contribution in [0.1, 0.15) is 13.3 Å². The molecule has 1 saturated heterocycles. The van der Waals surface area contributed by atoms with Crippen LogP contribution in [0.5, 0.6) is 0 Å². The summed E-state index contributed by atoms with van der Waals surface area (Å²) >= 11 is 0. The van der Waals surface area contributed by atoms with Crippen molar-refractivity contribution in [2.24, 2.45) is 17.6 Å². The van der Waals surface area contributed by atoms with E-state index in [9.17, 15) is 4.79 Å². The van der Waals surface area contributed by atoms with Crippen LogP contribution in [0.4, 0.5) is 0 Å². The molecule has 1 rings (SSSR count). The van der Waals surface area contributed by atoms with Crippen molar-refractivity contribution < 1.29 is 4.79 Å². The van der Waals surface area contributed by atoms with Crippen molar-refractivity contribution in [3.05, 3.63) is 0 Å². The van der Waals surface area contributed by atoms with Crippen LogP contribution in [0, 0.1) is 11.8 Å². The minimum Gasteiger partial charge on any atom is -0.345 e. The third-order valence-electron chi connectivity index (χ3n) is 2.28. The number of likely N-dealkylation sites (tertiary alicyclic amines) is 1. The number of piperidine rings is 1. The van der Waals surface area contributed by atoms with Crippen LogP contribution < -0.4 is 5.73 Å². The first-order chi connectivity index (χ1) is 5.15. The lowest BCUT2D eigenvalue weighted by Crippen LogP contribution is -2.44. The average Bonchev–Trinajstić information content (AvgIpc) is 1.96. The van der Waals surface area contributed by atoms with Gasteiger partial charge in [-0.05, 0) is 12.3 Å². The summed E-state index contributed by atoms with van der Waals surface area (Å²) in [7, 11) is 1.85. The van der Waals surface area contributed by atoms with Gasteiger partial charge in [0, 0.05) is 20.1 Å². The Morgan fingerprint density at radius 2 is 2.36 bits per heavy atom. The number of nitrogens with zero attached hydrogens (tertiary/aromatic N) is 1. The largest absolute Gasteiger partial charge is 0.345 e. The molecule has 1 heterocycles. The fourth-order valence-corrected chi connectivity index (χ4v) is 1.73. The van der Waals surface area contributed by atoms with Crippen molar-refractivity contribution >= 4 is 5.91 Å². The van der Waals surface area contributed by atoms with Crippen LogP contribution in [0.15, 0.2) is 0 Å². The fourth-order valence-electron chi connectivity index (χ4n) is 1.73. The first-order valence-electron chi connectivity index (χ1n) is 4.10. The highest BCUT2D eigenvalue weighted by Gasteiger charge is 2.28. The maximum absolute atomic E-state index is 11.3. The second-order valence-electron chi connectivity index (χ2n) is 3.49. The zero-order valence-electron chi connectivity index (χ0n) is 7.21. The van der Waals surface area contributed by atoms with E-state index >= 15 is 0 Å². The van der Waals surface area contributed by atoms with Gasteiger partial charge in [0.05, 0.1) is 5.92 Å². The zero-order chi connectivity index (χ0) is 8.43. The molecule has 3 heteroatoms. The van der Waals surface area contributed by atoms with Gasteiger partial charge < -0.3 is 10.6 Å². The SMILES string of the molecule is C[C@H]1C[C@@H](CN)C(=O)N(C)C1. The van der Waals surface area contributed by atoms with Crippen molar-refractivity contribution in [3.63, 3.8) is 0 Å². The molecule has 2 atom stereocenters. The quantitative estimate of drug-likeness (QED) is 0.583. The molecule has 0 radical (unpaired) electrons. The molecule has 1 aliphatic rings. The molecule has 11 heavy (non-hydrogen) atoms. The number of nitrogens with two attached hydrogens (primary N) is 1. The van der Waals surface area contributed by atoms with Crippen molar-refractivity contribution in [3.8, 4) is 0 Å². The second-order valence-corrected chi connectivity index (χ2v) is 3.49. The number of hydrogen-bond acceptors (Lipinski definition) is 2. The predicted octanol–water partition coefficient (Wildman–Crippen LogP) is 0.0595. The average molecular weight is 156 g/mol. The Bertz CT molecular complexity index is 158. The molecule has 0 unspecified atom stereocenters. The van der Waals surface area contributed by atoms with E-state index in [1.165, 1.54) is 0 Å². The Hall–Kier alpha value is -0.570. The van der Waals surface area contributed by atoms with Gasteiger partial charge in [-0.2, -0.15) is 0 Å². The summed E-state index contributed by atoms with van der Waals surface area (Å²) in [6.07, 6.45) is 0.958. The van der Waals surface area contributed by atoms with Gasteiger partial charge in [-0.3, -0.25) is 4.79 Å². The van der Waals surface area contributed by atoms with Crippen LogP contribution in [0.3, 0.4) is 0 Å². The molecule has 1 fully saturated rings. The molecule has 0 aromatic heterocycles. The predicted molar refractivity (Wildman–Crippen MR) is 44.0 cm³/mol. The molecular weight excluding hydrogens is 140 g/mol. The molecule has 0 aromatic carbocycles. The van der Waals surface area contributed by atoms with Crippen LogP contribution in [-0.2, 0) is 4.79 Å². The fraction of sp³-hybridized carbons (Fsp3) is 0.875. The minimum atomic E-state index is 0.0729. The maximum atomic E-state index is 11.3. The van der Waals surface area contributed by atoms with E-state index in [2.05, 4.69) is 6.92 Å². The second kappa shape index (κ2) is 3.22. The first kappa shape index (κ1) is 8.53. The van der Waals surface area contributed by atoms with Crippen molar-refractivity contribution in [2.45, 2.75) is 13.3 Å². The molecule has 1 aliphatic heterocycles. The van der Waals surface area contributed by atoms with Crippen molar-refractivity contribution in [1.82, 2.24) is 4.90 Å². The van der Waals surface area contributed by atoms with E-state index in [0.29, 0.717) is 12.5 Å². The van der Waals surface area contributed by atoms with Crippen molar-refractivity contribution in [1.29, 1.82) is 0 Å². The van der Waals surface area contributed by atoms with Crippen LogP contribution >= 0.6 is 0 Å². The molecule has 0 aliphatic carbocycles. The molecule has 2 N–H and O–H groups in total. The first-order valence-corrected chi connectivity index (χ1v) is 4.10. The van der Waals surface area contributed by atoms with Gasteiger partial charge in [0.15, 0.2) is 0 Å². The summed E-state index contributed by atoms with van der Waals surface area (Å²) in [5, 5.41) is 0. The summed E-state index contributed by atoms with van der Waals surface area (Å²) < 4.78 is 0. The molecule has 0 bridgehead atoms. The molecule has 0 spiro atoms. The molecular formula is C8H16N2O. The highest BCUT2D eigenvalue weighted by atomic mass is 16.2. The molecule has 3 nitrogen and oxygen atoms in total. The van der Waals surface area contributed by atoms with Gasteiger partial charge in [-0.15, -0.1) is 0 Å². The Morgan fingerprint density at radius 3 is 2.91 bits per heavy atom. The van der Waals surface area contributed by atoms with Crippen LogP contribution in [-0.4, -0.2) is 30.9 Å². The summed E-state index contributed by atoms with van der Waals surface area (Å²) in [6, 6.07) is 0. The van der Waals surface area contributed by atoms with Gasteiger partial charge in [0.25, 0.3) is 0 Å². The van der Waals surface area contributed by atoms with E-state index in [1.54, 1.807) is 4.90 Å². The van der Waals surface area contributed by atoms with E-state index in [1.807, 2.05) is 7.05 Å². The molecule has 0 saturated carbocycles. The number of carbonyl (C=O) groups is 1. The van der Waals surface area contributed by atoms with Crippen LogP contribution in [0.25, 0.3) is 0 Å².